The summed E-state index contributed by atoms with van der Waals surface area (Å²) in [6, 6.07) is 0. The molecule has 2 rings (SSSR count). The highest BCUT2D eigenvalue weighted by Crippen LogP contribution is 2.51. The normalized spacial score (nSPS) is 32.7. The third-order valence-electron chi connectivity index (χ3n) is 3.08. The van der Waals surface area contributed by atoms with Crippen molar-refractivity contribution in [3.63, 3.8) is 0 Å². The lowest BCUT2D eigenvalue weighted by Crippen LogP contribution is -1.95. The first kappa shape index (κ1) is 8.10. The molecule has 0 nitrogen and oxygen atoms in total. The van der Waals surface area contributed by atoms with Crippen LogP contribution < -0.4 is 0 Å². The lowest BCUT2D eigenvalue weighted by atomic mass is 9.97. The van der Waals surface area contributed by atoms with Gasteiger partial charge in [-0.3, -0.25) is 0 Å². The molecule has 66 valence electrons. The zero-order valence-electron chi connectivity index (χ0n) is 7.76. The van der Waals surface area contributed by atoms with Crippen molar-refractivity contribution in [2.45, 2.75) is 44.9 Å². The summed E-state index contributed by atoms with van der Waals surface area (Å²) in [6.45, 7) is 0. The van der Waals surface area contributed by atoms with Crippen LogP contribution in [0.2, 0.25) is 0 Å². The molecule has 2 aliphatic rings. The van der Waals surface area contributed by atoms with E-state index in [0.717, 1.165) is 0 Å². The molecule has 2 aliphatic carbocycles. The zero-order valence-corrected chi connectivity index (χ0v) is 7.76. The molecular formula is C12H18. The molecule has 1 spiro atoms. The second-order valence-electron chi connectivity index (χ2n) is 4.21. The predicted molar refractivity (Wildman–Crippen MR) is 53.0 cm³/mol. The molecule has 1 fully saturated rings. The maximum atomic E-state index is 2.49. The Labute approximate surface area is 75.4 Å². The Hall–Kier alpha value is -0.520. The van der Waals surface area contributed by atoms with Crippen molar-refractivity contribution in [3.8, 4) is 0 Å². The van der Waals surface area contributed by atoms with E-state index < -0.39 is 0 Å². The van der Waals surface area contributed by atoms with Gasteiger partial charge in [-0.15, -0.1) is 0 Å². The quantitative estimate of drug-likeness (QED) is 0.475. The average Bonchev–Trinajstić information content (AvgIpc) is 2.84. The molecule has 0 atom stereocenters. The van der Waals surface area contributed by atoms with Gasteiger partial charge < -0.3 is 0 Å². The molecule has 1 saturated carbocycles. The molecule has 0 N–H and O–H groups in total. The van der Waals surface area contributed by atoms with Crippen LogP contribution in [0.25, 0.3) is 0 Å². The predicted octanol–water partition coefficient (Wildman–Crippen LogP) is 3.84. The van der Waals surface area contributed by atoms with E-state index in [0.29, 0.717) is 5.41 Å². The maximum absolute atomic E-state index is 2.49. The zero-order chi connectivity index (χ0) is 8.28. The highest BCUT2D eigenvalue weighted by molar-refractivity contribution is 5.10. The summed E-state index contributed by atoms with van der Waals surface area (Å²) >= 11 is 0. The van der Waals surface area contributed by atoms with Crippen molar-refractivity contribution in [3.05, 3.63) is 24.3 Å². The van der Waals surface area contributed by atoms with E-state index in [1.54, 1.807) is 0 Å². The first-order valence-corrected chi connectivity index (χ1v) is 5.24. The lowest BCUT2D eigenvalue weighted by Gasteiger charge is -2.09. The van der Waals surface area contributed by atoms with Gasteiger partial charge in [0.15, 0.2) is 0 Å². The summed E-state index contributed by atoms with van der Waals surface area (Å²) < 4.78 is 0. The van der Waals surface area contributed by atoms with Crippen LogP contribution in [0.15, 0.2) is 24.3 Å². The van der Waals surface area contributed by atoms with Gasteiger partial charge in [-0.25, -0.2) is 0 Å². The molecule has 0 saturated heterocycles. The SMILES string of the molecule is C1=C\CCCC2(/C=C/CC/1)CC2. The van der Waals surface area contributed by atoms with Gasteiger partial charge in [0.1, 0.15) is 0 Å². The van der Waals surface area contributed by atoms with Crippen molar-refractivity contribution in [2.75, 3.05) is 0 Å². The minimum absolute atomic E-state index is 0.672. The van der Waals surface area contributed by atoms with Crippen LogP contribution in [0.1, 0.15) is 44.9 Å². The minimum Gasteiger partial charge on any atom is -0.0885 e. The molecule has 0 radical (unpaired) electrons. The van der Waals surface area contributed by atoms with Gasteiger partial charge in [0.2, 0.25) is 0 Å². The van der Waals surface area contributed by atoms with Crippen LogP contribution in [0.3, 0.4) is 0 Å². The van der Waals surface area contributed by atoms with Gasteiger partial charge in [0.05, 0.1) is 0 Å². The first-order valence-electron chi connectivity index (χ1n) is 5.24. The van der Waals surface area contributed by atoms with Gasteiger partial charge in [-0.05, 0) is 50.4 Å². The molecule has 0 heteroatoms. The summed E-state index contributed by atoms with van der Waals surface area (Å²) in [7, 11) is 0. The van der Waals surface area contributed by atoms with Crippen LogP contribution in [0.5, 0.6) is 0 Å². The molecule has 0 heterocycles. The molecular weight excluding hydrogens is 144 g/mol. The van der Waals surface area contributed by atoms with Crippen LogP contribution in [0.4, 0.5) is 0 Å². The second-order valence-corrected chi connectivity index (χ2v) is 4.21. The van der Waals surface area contributed by atoms with E-state index in [1.807, 2.05) is 0 Å². The average molecular weight is 162 g/mol. The van der Waals surface area contributed by atoms with E-state index in [2.05, 4.69) is 24.3 Å². The van der Waals surface area contributed by atoms with Crippen LogP contribution in [0, 0.1) is 5.41 Å². The molecule has 12 heavy (non-hydrogen) atoms. The van der Waals surface area contributed by atoms with E-state index in [-0.39, 0.29) is 0 Å². The van der Waals surface area contributed by atoms with Crippen LogP contribution >= 0.6 is 0 Å². The van der Waals surface area contributed by atoms with Gasteiger partial charge in [-0.2, -0.15) is 0 Å². The summed E-state index contributed by atoms with van der Waals surface area (Å²) in [5.74, 6) is 0. The summed E-state index contributed by atoms with van der Waals surface area (Å²) in [5.41, 5.74) is 0.672. The van der Waals surface area contributed by atoms with Crippen molar-refractivity contribution in [1.29, 1.82) is 0 Å². The Morgan fingerprint density at radius 3 is 2.33 bits per heavy atom. The third kappa shape index (κ3) is 2.00. The van der Waals surface area contributed by atoms with E-state index in [4.69, 9.17) is 0 Å². The Morgan fingerprint density at radius 1 is 0.750 bits per heavy atom. The van der Waals surface area contributed by atoms with Crippen LogP contribution in [-0.2, 0) is 0 Å². The highest BCUT2D eigenvalue weighted by Gasteiger charge is 2.38. The van der Waals surface area contributed by atoms with Crippen LogP contribution in [-0.4, -0.2) is 0 Å². The largest absolute Gasteiger partial charge is 0.0885 e. The Bertz CT molecular complexity index is 194. The molecule has 0 aromatic carbocycles. The molecule has 0 aromatic heterocycles. The fraction of sp³-hybridized carbons (Fsp3) is 0.667. The molecule has 0 aliphatic heterocycles. The Kier molecular flexibility index (Phi) is 2.34. The topological polar surface area (TPSA) is 0 Å². The number of allylic oxidation sites excluding steroid dienone is 4. The molecule has 0 bridgehead atoms. The summed E-state index contributed by atoms with van der Waals surface area (Å²) in [5, 5.41) is 0. The first-order chi connectivity index (χ1) is 5.91. The summed E-state index contributed by atoms with van der Waals surface area (Å²) in [4.78, 5) is 0. The standard InChI is InChI=1S/C12H18/c1-2-4-6-8-12(10-11-12)9-7-5-3-1/h1-2,7,9H,3-6,8,10-11H2/b2-1-,9-7+. The van der Waals surface area contributed by atoms with Crippen molar-refractivity contribution >= 4 is 0 Å². The maximum Gasteiger partial charge on any atom is -0.0117 e. The Balaban J connectivity index is 1.93. The molecule has 0 aromatic rings. The van der Waals surface area contributed by atoms with E-state index in [9.17, 15) is 0 Å². The van der Waals surface area contributed by atoms with Gasteiger partial charge in [0, 0.05) is 0 Å². The fourth-order valence-electron chi connectivity index (χ4n) is 1.99. The van der Waals surface area contributed by atoms with E-state index in [1.165, 1.54) is 44.9 Å². The van der Waals surface area contributed by atoms with Crippen molar-refractivity contribution in [1.82, 2.24) is 0 Å². The Morgan fingerprint density at radius 2 is 1.50 bits per heavy atom. The minimum atomic E-state index is 0.672. The third-order valence-corrected chi connectivity index (χ3v) is 3.08. The molecule has 0 amide bonds. The molecule has 0 unspecified atom stereocenters. The van der Waals surface area contributed by atoms with Gasteiger partial charge >= 0.3 is 0 Å². The number of hydrogen-bond acceptors (Lipinski definition) is 0. The van der Waals surface area contributed by atoms with Crippen molar-refractivity contribution < 1.29 is 0 Å². The van der Waals surface area contributed by atoms with Gasteiger partial charge in [0.25, 0.3) is 0 Å². The monoisotopic (exact) mass is 162 g/mol. The number of rotatable bonds is 0. The van der Waals surface area contributed by atoms with E-state index >= 15 is 0 Å². The number of hydrogen-bond donors (Lipinski definition) is 0. The van der Waals surface area contributed by atoms with Crippen molar-refractivity contribution in [2.24, 2.45) is 5.41 Å². The second kappa shape index (κ2) is 3.47. The lowest BCUT2D eigenvalue weighted by molar-refractivity contribution is 0.552. The fourth-order valence-corrected chi connectivity index (χ4v) is 1.99. The van der Waals surface area contributed by atoms with Gasteiger partial charge in [-0.1, -0.05) is 24.3 Å². The highest BCUT2D eigenvalue weighted by atomic mass is 14.4. The smallest absolute Gasteiger partial charge is 0.0117 e. The summed E-state index contributed by atoms with van der Waals surface area (Å²) in [6.07, 6.45) is 19.1.